The highest BCUT2D eigenvalue weighted by molar-refractivity contribution is 5.43. The molecular weight excluding hydrogens is 384 g/mol. The number of aryl methyl sites for hydroxylation is 1. The van der Waals surface area contributed by atoms with Gasteiger partial charge in [0.15, 0.2) is 5.82 Å². The largest absolute Gasteiger partial charge is 0.490 e. The monoisotopic (exact) mass is 420 g/mol. The van der Waals surface area contributed by atoms with Crippen molar-refractivity contribution in [2.75, 3.05) is 31.1 Å². The molecule has 0 radical (unpaired) electrons. The Balaban J connectivity index is 1.18. The average molecular weight is 421 g/mol. The first kappa shape index (κ1) is 20.7. The number of piperidine rings is 2. The molecule has 5 heteroatoms. The summed E-state index contributed by atoms with van der Waals surface area (Å²) >= 11 is 0. The number of fused-ring (bicyclic) bond motifs is 1. The maximum absolute atomic E-state index is 6.42. The molecule has 0 unspecified atom stereocenters. The minimum absolute atomic E-state index is 0.363. The number of rotatable bonds is 4. The van der Waals surface area contributed by atoms with Crippen LogP contribution in [-0.2, 0) is 12.8 Å². The van der Waals surface area contributed by atoms with Gasteiger partial charge in [0.25, 0.3) is 0 Å². The van der Waals surface area contributed by atoms with Crippen molar-refractivity contribution in [3.05, 3.63) is 47.2 Å². The summed E-state index contributed by atoms with van der Waals surface area (Å²) in [6.45, 7) is 11.0. The number of benzene rings is 1. The zero-order chi connectivity index (χ0) is 21.4. The number of aromatic nitrogens is 2. The third-order valence-electron chi connectivity index (χ3n) is 7.75. The van der Waals surface area contributed by atoms with Gasteiger partial charge in [0.1, 0.15) is 11.9 Å². The molecule has 0 saturated carbocycles. The Morgan fingerprint density at radius 2 is 1.68 bits per heavy atom. The summed E-state index contributed by atoms with van der Waals surface area (Å²) in [4.78, 5) is 4.96. The Bertz CT molecular complexity index is 894. The second-order valence-electron chi connectivity index (χ2n) is 10.3. The van der Waals surface area contributed by atoms with Crippen molar-refractivity contribution >= 4 is 5.82 Å². The lowest BCUT2D eigenvalue weighted by atomic mass is 9.76. The van der Waals surface area contributed by atoms with Gasteiger partial charge in [-0.15, -0.1) is 5.10 Å². The number of hydrogen-bond acceptors (Lipinski definition) is 5. The fourth-order valence-electron chi connectivity index (χ4n) is 5.71. The van der Waals surface area contributed by atoms with Crippen LogP contribution in [0.15, 0.2) is 30.3 Å². The summed E-state index contributed by atoms with van der Waals surface area (Å²) in [7, 11) is 0. The summed E-state index contributed by atoms with van der Waals surface area (Å²) in [5.41, 5.74) is 4.44. The van der Waals surface area contributed by atoms with Crippen molar-refractivity contribution in [1.82, 2.24) is 15.1 Å². The van der Waals surface area contributed by atoms with Crippen molar-refractivity contribution in [2.24, 2.45) is 5.41 Å². The van der Waals surface area contributed by atoms with Crippen molar-refractivity contribution in [1.29, 1.82) is 0 Å². The summed E-state index contributed by atoms with van der Waals surface area (Å²) in [6, 6.07) is 11.7. The molecule has 1 aromatic heterocycles. The van der Waals surface area contributed by atoms with Crippen LogP contribution >= 0.6 is 0 Å². The average Bonchev–Trinajstić information content (AvgIpc) is 3.12. The molecule has 2 aromatic rings. The van der Waals surface area contributed by atoms with E-state index in [1.54, 1.807) is 0 Å². The standard InChI is InChI=1S/C26H36N4O/c1-19(2)29-12-8-23(9-13-29)31-24-6-5-21-17-26(18-22(21)16-24)10-14-30(15-11-26)25-7-4-20(3)27-28-25/h4-7,16,19,23H,8-15,17-18H2,1-3H3. The van der Waals surface area contributed by atoms with E-state index in [1.165, 1.54) is 36.8 Å². The lowest BCUT2D eigenvalue weighted by molar-refractivity contribution is 0.0842. The molecule has 1 aliphatic carbocycles. The predicted octanol–water partition coefficient (Wildman–Crippen LogP) is 4.42. The van der Waals surface area contributed by atoms with Crippen LogP contribution in [0.5, 0.6) is 5.75 Å². The second-order valence-corrected chi connectivity index (χ2v) is 10.3. The van der Waals surface area contributed by atoms with E-state index in [-0.39, 0.29) is 0 Å². The van der Waals surface area contributed by atoms with Gasteiger partial charge in [0.2, 0.25) is 0 Å². The third-order valence-corrected chi connectivity index (χ3v) is 7.75. The van der Waals surface area contributed by atoms with Gasteiger partial charge in [-0.1, -0.05) is 6.07 Å². The van der Waals surface area contributed by atoms with Gasteiger partial charge in [0.05, 0.1) is 5.69 Å². The van der Waals surface area contributed by atoms with Crippen LogP contribution < -0.4 is 9.64 Å². The smallest absolute Gasteiger partial charge is 0.151 e. The third kappa shape index (κ3) is 4.43. The molecule has 3 aliphatic rings. The van der Waals surface area contributed by atoms with E-state index >= 15 is 0 Å². The molecule has 5 nitrogen and oxygen atoms in total. The quantitative estimate of drug-likeness (QED) is 0.732. The number of anilines is 1. The molecule has 5 rings (SSSR count). The Kier molecular flexibility index (Phi) is 5.63. The van der Waals surface area contributed by atoms with Crippen molar-refractivity contribution in [3.63, 3.8) is 0 Å². The van der Waals surface area contributed by atoms with Crippen molar-refractivity contribution in [2.45, 2.75) is 71.4 Å². The topological polar surface area (TPSA) is 41.5 Å². The van der Waals surface area contributed by atoms with Crippen LogP contribution in [-0.4, -0.2) is 53.4 Å². The van der Waals surface area contributed by atoms with Gasteiger partial charge in [-0.2, -0.15) is 5.10 Å². The highest BCUT2D eigenvalue weighted by Crippen LogP contribution is 2.46. The van der Waals surface area contributed by atoms with E-state index in [4.69, 9.17) is 4.74 Å². The van der Waals surface area contributed by atoms with Crippen LogP contribution in [0.25, 0.3) is 0 Å². The summed E-state index contributed by atoms with van der Waals surface area (Å²) in [6.07, 6.45) is 7.49. The van der Waals surface area contributed by atoms with E-state index in [2.05, 4.69) is 64.2 Å². The lowest BCUT2D eigenvalue weighted by Crippen LogP contribution is -2.41. The molecule has 1 aromatic carbocycles. The van der Waals surface area contributed by atoms with E-state index in [0.29, 0.717) is 17.6 Å². The Morgan fingerprint density at radius 1 is 0.935 bits per heavy atom. The molecule has 1 spiro atoms. The number of likely N-dealkylation sites (tertiary alicyclic amines) is 1. The lowest BCUT2D eigenvalue weighted by Gasteiger charge is -2.39. The Hall–Kier alpha value is -2.14. The number of nitrogens with zero attached hydrogens (tertiary/aromatic N) is 4. The molecule has 2 saturated heterocycles. The van der Waals surface area contributed by atoms with E-state index in [9.17, 15) is 0 Å². The molecule has 166 valence electrons. The van der Waals surface area contributed by atoms with E-state index in [0.717, 1.165) is 56.3 Å². The predicted molar refractivity (Wildman–Crippen MR) is 125 cm³/mol. The van der Waals surface area contributed by atoms with Crippen molar-refractivity contribution < 1.29 is 4.74 Å². The normalized spacial score (nSPS) is 21.6. The first-order valence-electron chi connectivity index (χ1n) is 12.1. The van der Waals surface area contributed by atoms with Gasteiger partial charge in [-0.3, -0.25) is 0 Å². The molecule has 3 heterocycles. The Morgan fingerprint density at radius 3 is 2.35 bits per heavy atom. The molecule has 0 bridgehead atoms. The first-order chi connectivity index (χ1) is 15.0. The van der Waals surface area contributed by atoms with Gasteiger partial charge >= 0.3 is 0 Å². The molecular formula is C26H36N4O. The van der Waals surface area contributed by atoms with Gasteiger partial charge in [-0.05, 0) is 100 Å². The maximum Gasteiger partial charge on any atom is 0.151 e. The molecule has 0 N–H and O–H groups in total. The number of ether oxygens (including phenoxy) is 1. The summed E-state index contributed by atoms with van der Waals surface area (Å²) in [5, 5.41) is 8.63. The van der Waals surface area contributed by atoms with Gasteiger partial charge in [-0.25, -0.2) is 0 Å². The molecule has 31 heavy (non-hydrogen) atoms. The van der Waals surface area contributed by atoms with E-state index in [1.807, 2.05) is 6.92 Å². The summed E-state index contributed by atoms with van der Waals surface area (Å²) < 4.78 is 6.42. The first-order valence-corrected chi connectivity index (χ1v) is 12.1. The van der Waals surface area contributed by atoms with Gasteiger partial charge < -0.3 is 14.5 Å². The van der Waals surface area contributed by atoms with E-state index < -0.39 is 0 Å². The minimum atomic E-state index is 0.363. The Labute approximate surface area is 186 Å². The maximum atomic E-state index is 6.42. The second kappa shape index (κ2) is 8.42. The van der Waals surface area contributed by atoms with Gasteiger partial charge in [0, 0.05) is 32.2 Å². The van der Waals surface area contributed by atoms with Crippen LogP contribution in [0.2, 0.25) is 0 Å². The fraction of sp³-hybridized carbons (Fsp3) is 0.615. The van der Waals surface area contributed by atoms with Crippen LogP contribution in [0.4, 0.5) is 5.82 Å². The van der Waals surface area contributed by atoms with Crippen LogP contribution in [0, 0.1) is 12.3 Å². The molecule has 2 fully saturated rings. The minimum Gasteiger partial charge on any atom is -0.490 e. The van der Waals surface area contributed by atoms with Crippen LogP contribution in [0.1, 0.15) is 56.4 Å². The highest BCUT2D eigenvalue weighted by atomic mass is 16.5. The zero-order valence-electron chi connectivity index (χ0n) is 19.3. The van der Waals surface area contributed by atoms with Crippen molar-refractivity contribution in [3.8, 4) is 5.75 Å². The zero-order valence-corrected chi connectivity index (χ0v) is 19.3. The SMILES string of the molecule is Cc1ccc(N2CCC3(CC2)Cc2ccc(OC4CCN(C(C)C)CC4)cc2C3)nn1. The fourth-order valence-corrected chi connectivity index (χ4v) is 5.71. The molecule has 0 atom stereocenters. The van der Waals surface area contributed by atoms with Crippen LogP contribution in [0.3, 0.4) is 0 Å². The highest BCUT2D eigenvalue weighted by Gasteiger charge is 2.40. The molecule has 2 aliphatic heterocycles. The number of hydrogen-bond donors (Lipinski definition) is 0. The molecule has 0 amide bonds. The summed E-state index contributed by atoms with van der Waals surface area (Å²) in [5.74, 6) is 2.10.